The molecule has 0 radical (unpaired) electrons. The number of amides is 1. The van der Waals surface area contributed by atoms with Gasteiger partial charge in [0.05, 0.1) is 19.8 Å². The zero-order valence-electron chi connectivity index (χ0n) is 17.1. The van der Waals surface area contributed by atoms with Crippen molar-refractivity contribution in [2.45, 2.75) is 20.4 Å². The number of hydrogen-bond donors (Lipinski definition) is 2. The maximum Gasteiger partial charge on any atom is 0.253 e. The van der Waals surface area contributed by atoms with E-state index < -0.39 is 0 Å². The molecule has 0 unspecified atom stereocenters. The number of carbonyl (C=O) groups is 1. The molecule has 0 aliphatic heterocycles. The van der Waals surface area contributed by atoms with Crippen LogP contribution in [0.5, 0.6) is 11.5 Å². The molecule has 1 amide bonds. The highest BCUT2D eigenvalue weighted by molar-refractivity contribution is 5.94. The molecule has 2 aromatic carbocycles. The highest BCUT2D eigenvalue weighted by Crippen LogP contribution is 2.27. The fourth-order valence-corrected chi connectivity index (χ4v) is 2.89. The van der Waals surface area contributed by atoms with E-state index in [4.69, 9.17) is 9.47 Å². The minimum atomic E-state index is -0.189. The van der Waals surface area contributed by atoms with E-state index in [1.807, 2.05) is 32.0 Å². The summed E-state index contributed by atoms with van der Waals surface area (Å²) in [5, 5.41) is 6.19. The van der Waals surface area contributed by atoms with Crippen molar-refractivity contribution in [3.8, 4) is 11.5 Å². The summed E-state index contributed by atoms with van der Waals surface area (Å²) in [6, 6.07) is 15.3. The molecule has 0 aliphatic rings. The molecule has 2 N–H and O–H groups in total. The molecule has 0 atom stereocenters. The van der Waals surface area contributed by atoms with Gasteiger partial charge < -0.3 is 20.1 Å². The lowest BCUT2D eigenvalue weighted by Crippen LogP contribution is -2.23. The number of methoxy groups -OCH3 is 2. The van der Waals surface area contributed by atoms with Gasteiger partial charge >= 0.3 is 0 Å². The van der Waals surface area contributed by atoms with Crippen LogP contribution in [0.1, 0.15) is 27.0 Å². The molecule has 0 bridgehead atoms. The van der Waals surface area contributed by atoms with Gasteiger partial charge in [-0.15, -0.1) is 0 Å². The van der Waals surface area contributed by atoms with Crippen molar-refractivity contribution < 1.29 is 14.3 Å². The zero-order chi connectivity index (χ0) is 20.8. The van der Waals surface area contributed by atoms with Crippen LogP contribution in [-0.4, -0.2) is 25.1 Å². The monoisotopic (exact) mass is 391 g/mol. The molecule has 3 aromatic rings. The summed E-state index contributed by atoms with van der Waals surface area (Å²) in [5.74, 6) is 1.78. The number of rotatable bonds is 7. The SMILES string of the molecule is COc1ccc(CNC(=O)c2ccc(Nc3cc(C)ccc3C)nc2)cc1OC. The Kier molecular flexibility index (Phi) is 6.34. The number of nitrogens with one attached hydrogen (secondary N) is 2. The number of aromatic nitrogens is 1. The van der Waals surface area contributed by atoms with E-state index >= 15 is 0 Å². The third-order valence-electron chi connectivity index (χ3n) is 4.58. The first-order valence-electron chi connectivity index (χ1n) is 9.29. The van der Waals surface area contributed by atoms with Gasteiger partial charge in [-0.25, -0.2) is 4.98 Å². The van der Waals surface area contributed by atoms with Crippen molar-refractivity contribution in [2.75, 3.05) is 19.5 Å². The van der Waals surface area contributed by atoms with Crippen LogP contribution in [0.15, 0.2) is 54.7 Å². The lowest BCUT2D eigenvalue weighted by atomic mass is 10.1. The Bertz CT molecular complexity index is 1000. The number of ether oxygens (including phenoxy) is 2. The number of pyridine rings is 1. The largest absolute Gasteiger partial charge is 0.493 e. The van der Waals surface area contributed by atoms with Gasteiger partial charge in [0.25, 0.3) is 5.91 Å². The molecule has 1 heterocycles. The molecule has 0 aliphatic carbocycles. The second-order valence-electron chi connectivity index (χ2n) is 6.75. The summed E-state index contributed by atoms with van der Waals surface area (Å²) in [6.45, 7) is 4.46. The molecule has 0 saturated heterocycles. The third-order valence-corrected chi connectivity index (χ3v) is 4.58. The van der Waals surface area contributed by atoms with Crippen LogP contribution in [-0.2, 0) is 6.54 Å². The predicted octanol–water partition coefficient (Wildman–Crippen LogP) is 4.39. The van der Waals surface area contributed by atoms with E-state index in [9.17, 15) is 4.79 Å². The van der Waals surface area contributed by atoms with Gasteiger partial charge in [0.2, 0.25) is 0 Å². The molecule has 3 rings (SSSR count). The molecule has 6 nitrogen and oxygen atoms in total. The van der Waals surface area contributed by atoms with Crippen LogP contribution in [0.2, 0.25) is 0 Å². The summed E-state index contributed by atoms with van der Waals surface area (Å²) >= 11 is 0. The van der Waals surface area contributed by atoms with Crippen LogP contribution in [0.3, 0.4) is 0 Å². The minimum Gasteiger partial charge on any atom is -0.493 e. The van der Waals surface area contributed by atoms with Gasteiger partial charge in [-0.3, -0.25) is 4.79 Å². The van der Waals surface area contributed by atoms with Crippen LogP contribution >= 0.6 is 0 Å². The first kappa shape index (κ1) is 20.2. The Labute approximate surface area is 170 Å². The van der Waals surface area contributed by atoms with Crippen LogP contribution in [0, 0.1) is 13.8 Å². The van der Waals surface area contributed by atoms with Crippen molar-refractivity contribution in [3.05, 3.63) is 77.0 Å². The smallest absolute Gasteiger partial charge is 0.253 e. The van der Waals surface area contributed by atoms with Crippen molar-refractivity contribution in [1.29, 1.82) is 0 Å². The Balaban J connectivity index is 1.62. The Morgan fingerprint density at radius 3 is 2.45 bits per heavy atom. The lowest BCUT2D eigenvalue weighted by Gasteiger charge is -2.11. The standard InChI is InChI=1S/C23H25N3O3/c1-15-5-6-16(2)19(11-15)26-22-10-8-18(14-24-22)23(27)25-13-17-7-9-20(28-3)21(12-17)29-4/h5-12,14H,13H2,1-4H3,(H,24,26)(H,25,27). The molecule has 0 saturated carbocycles. The van der Waals surface area contributed by atoms with Crippen LogP contribution in [0.25, 0.3) is 0 Å². The highest BCUT2D eigenvalue weighted by atomic mass is 16.5. The van der Waals surface area contributed by atoms with Gasteiger partial charge in [-0.1, -0.05) is 18.2 Å². The fraction of sp³-hybridized carbons (Fsp3) is 0.217. The predicted molar refractivity (Wildman–Crippen MR) is 114 cm³/mol. The van der Waals surface area contributed by atoms with Crippen LogP contribution < -0.4 is 20.1 Å². The van der Waals surface area contributed by atoms with E-state index in [0.29, 0.717) is 29.4 Å². The topological polar surface area (TPSA) is 72.5 Å². The third kappa shape index (κ3) is 5.04. The van der Waals surface area contributed by atoms with Crippen molar-refractivity contribution >= 4 is 17.4 Å². The number of aryl methyl sites for hydroxylation is 2. The first-order valence-corrected chi connectivity index (χ1v) is 9.29. The molecule has 1 aromatic heterocycles. The maximum absolute atomic E-state index is 12.4. The molecule has 29 heavy (non-hydrogen) atoms. The number of benzene rings is 2. The zero-order valence-corrected chi connectivity index (χ0v) is 17.1. The van der Waals surface area contributed by atoms with Gasteiger partial charge in [0.1, 0.15) is 5.82 Å². The quantitative estimate of drug-likeness (QED) is 0.625. The summed E-state index contributed by atoms with van der Waals surface area (Å²) in [5.41, 5.74) is 4.72. The van der Waals surface area contributed by atoms with Crippen molar-refractivity contribution in [3.63, 3.8) is 0 Å². The summed E-state index contributed by atoms with van der Waals surface area (Å²) in [7, 11) is 3.17. The number of anilines is 2. The first-order chi connectivity index (χ1) is 14.0. The summed E-state index contributed by atoms with van der Waals surface area (Å²) in [4.78, 5) is 16.8. The van der Waals surface area contributed by atoms with E-state index in [2.05, 4.69) is 33.8 Å². The van der Waals surface area contributed by atoms with Gasteiger partial charge in [-0.05, 0) is 60.9 Å². The minimum absolute atomic E-state index is 0.189. The number of nitrogens with zero attached hydrogens (tertiary/aromatic N) is 1. The Morgan fingerprint density at radius 2 is 1.76 bits per heavy atom. The van der Waals surface area contributed by atoms with Gasteiger partial charge in [-0.2, -0.15) is 0 Å². The van der Waals surface area contributed by atoms with E-state index in [1.165, 1.54) is 5.56 Å². The fourth-order valence-electron chi connectivity index (χ4n) is 2.89. The molecule has 0 spiro atoms. The van der Waals surface area contributed by atoms with Gasteiger partial charge in [0.15, 0.2) is 11.5 Å². The summed E-state index contributed by atoms with van der Waals surface area (Å²) < 4.78 is 10.5. The molecule has 6 heteroatoms. The molecular weight excluding hydrogens is 366 g/mol. The van der Waals surface area contributed by atoms with Gasteiger partial charge in [0, 0.05) is 18.4 Å². The van der Waals surface area contributed by atoms with E-state index in [1.54, 1.807) is 32.5 Å². The van der Waals surface area contributed by atoms with Crippen molar-refractivity contribution in [2.24, 2.45) is 0 Å². The Hall–Kier alpha value is -3.54. The lowest BCUT2D eigenvalue weighted by molar-refractivity contribution is 0.0950. The molecular formula is C23H25N3O3. The normalized spacial score (nSPS) is 10.3. The van der Waals surface area contributed by atoms with E-state index in [-0.39, 0.29) is 5.91 Å². The molecule has 0 fully saturated rings. The van der Waals surface area contributed by atoms with Crippen molar-refractivity contribution in [1.82, 2.24) is 10.3 Å². The number of carbonyl (C=O) groups excluding carboxylic acids is 1. The average molecular weight is 391 g/mol. The second-order valence-corrected chi connectivity index (χ2v) is 6.75. The van der Waals surface area contributed by atoms with Crippen LogP contribution in [0.4, 0.5) is 11.5 Å². The highest BCUT2D eigenvalue weighted by Gasteiger charge is 2.09. The second kappa shape index (κ2) is 9.10. The number of hydrogen-bond acceptors (Lipinski definition) is 5. The average Bonchev–Trinajstić information content (AvgIpc) is 2.74. The molecule has 150 valence electrons. The maximum atomic E-state index is 12.4. The summed E-state index contributed by atoms with van der Waals surface area (Å²) in [6.07, 6.45) is 1.57. The van der Waals surface area contributed by atoms with E-state index in [0.717, 1.165) is 16.8 Å². The Morgan fingerprint density at radius 1 is 0.966 bits per heavy atom.